The molecule has 0 fully saturated rings. The molecule has 0 aliphatic rings. The minimum Gasteiger partial charge on any atom is -0.368 e. The van der Waals surface area contributed by atoms with Gasteiger partial charge >= 0.3 is 19.3 Å². The average molecular weight is 544 g/mol. The van der Waals surface area contributed by atoms with Crippen molar-refractivity contribution in [1.82, 2.24) is 0 Å². The van der Waals surface area contributed by atoms with E-state index in [4.69, 9.17) is 4.55 Å². The fourth-order valence-electron chi connectivity index (χ4n) is 1.64. The molecule has 0 aromatic rings. The highest BCUT2D eigenvalue weighted by molar-refractivity contribution is 14.1. The van der Waals surface area contributed by atoms with Gasteiger partial charge in [-0.1, -0.05) is 0 Å². The zero-order chi connectivity index (χ0) is 21.2. The first-order valence-electron chi connectivity index (χ1n) is 6.20. The number of hydrogen-bond donors (Lipinski definition) is 1. The molecule has 0 aromatic heterocycles. The van der Waals surface area contributed by atoms with Crippen molar-refractivity contribution in [1.29, 1.82) is 0 Å². The molecule has 0 saturated carbocycles. The Bertz CT molecular complexity index is 575. The van der Waals surface area contributed by atoms with Gasteiger partial charge in [0.25, 0.3) is 17.8 Å². The first-order valence-corrected chi connectivity index (χ1v) is 8.72. The van der Waals surface area contributed by atoms with E-state index in [-0.39, 0.29) is 0 Å². The summed E-state index contributed by atoms with van der Waals surface area (Å²) in [6.45, 7) is -3.56. The van der Waals surface area contributed by atoms with E-state index in [2.05, 4.69) is 4.74 Å². The molecule has 0 bridgehead atoms. The second-order valence-electron chi connectivity index (χ2n) is 5.32. The summed E-state index contributed by atoms with van der Waals surface area (Å²) in [5.41, 5.74) is 0. The number of rotatable bonds is 11. The van der Waals surface area contributed by atoms with E-state index < -0.39 is 69.5 Å². The van der Waals surface area contributed by atoms with E-state index in [1.54, 1.807) is 0 Å². The average Bonchev–Trinajstić information content (AvgIpc) is 2.18. The molecule has 0 rings (SSSR count). The van der Waals surface area contributed by atoms with Gasteiger partial charge in [-0.05, 0) is 0 Å². The van der Waals surface area contributed by atoms with Crippen LogP contribution in [0.25, 0.3) is 0 Å². The zero-order valence-corrected chi connectivity index (χ0v) is 15.2. The molecule has 0 aliphatic heterocycles. The Balaban J connectivity index is 4.95. The largest absolute Gasteiger partial charge is 0.375 e. The van der Waals surface area contributed by atoms with Crippen LogP contribution in [0.2, 0.25) is 0 Å². The highest BCUT2D eigenvalue weighted by Gasteiger charge is 2.57. The Kier molecular flexibility index (Phi) is 8.07. The van der Waals surface area contributed by atoms with Crippen molar-refractivity contribution >= 4 is 32.7 Å². The van der Waals surface area contributed by atoms with E-state index in [0.717, 1.165) is 0 Å². The fraction of sp³-hybridized carbons (Fsp3) is 1.00. The third-order valence-electron chi connectivity index (χ3n) is 2.46. The summed E-state index contributed by atoms with van der Waals surface area (Å²) in [7, 11) is -6.35. The van der Waals surface area contributed by atoms with Crippen LogP contribution in [0.15, 0.2) is 0 Å². The van der Waals surface area contributed by atoms with Gasteiger partial charge in [0.15, 0.2) is 0 Å². The Morgan fingerprint density at radius 2 is 1.12 bits per heavy atom. The van der Waals surface area contributed by atoms with Crippen LogP contribution in [-0.4, -0.2) is 53.1 Å². The fourth-order valence-corrected chi connectivity index (χ4v) is 2.25. The second-order valence-corrected chi connectivity index (χ2v) is 8.44. The minimum absolute atomic E-state index is 0.502. The molecule has 0 spiro atoms. The molecule has 4 nitrogen and oxygen atoms in total. The van der Waals surface area contributed by atoms with Crippen LogP contribution in [0.1, 0.15) is 19.3 Å². The number of ether oxygens (including phenoxy) is 1. The van der Waals surface area contributed by atoms with Gasteiger partial charge in [-0.3, -0.25) is 4.55 Å². The van der Waals surface area contributed by atoms with E-state index in [1.165, 1.54) is 0 Å². The summed E-state index contributed by atoms with van der Waals surface area (Å²) < 4.78 is 159. The lowest BCUT2D eigenvalue weighted by Gasteiger charge is -2.28. The predicted octanol–water partition coefficient (Wildman–Crippen LogP) is 4.59. The van der Waals surface area contributed by atoms with Crippen LogP contribution in [-0.2, 0) is 14.9 Å². The minimum atomic E-state index is -6.35. The molecule has 1 N–H and O–H groups in total. The molecule has 26 heavy (non-hydrogen) atoms. The van der Waals surface area contributed by atoms with Crippen LogP contribution in [0.3, 0.4) is 0 Å². The van der Waals surface area contributed by atoms with Crippen LogP contribution in [0.4, 0.5) is 43.9 Å². The predicted molar refractivity (Wildman–Crippen MR) is 75.0 cm³/mol. The highest BCUT2D eigenvalue weighted by Crippen LogP contribution is 2.43. The maximum absolute atomic E-state index is 13.3. The van der Waals surface area contributed by atoms with E-state index in [0.29, 0.717) is 22.6 Å². The summed E-state index contributed by atoms with van der Waals surface area (Å²) in [4.78, 5) is 0. The Hall–Kier alpha value is -0.100. The van der Waals surface area contributed by atoms with Crippen molar-refractivity contribution < 1.29 is 61.6 Å². The zero-order valence-electron chi connectivity index (χ0n) is 12.3. The standard InChI is InChI=1S/C10H11F10IO4S/c11-6(12,2-8(15,16)4-25-5-9(17,18)21)1-7(13,14)3-10(19,20)26(22,23)24/h1-5H2,(H,22,23,24). The smallest absolute Gasteiger partial charge is 0.368 e. The van der Waals surface area contributed by atoms with E-state index in [1.807, 2.05) is 0 Å². The van der Waals surface area contributed by atoms with Gasteiger partial charge in [0.2, 0.25) is 0 Å². The lowest BCUT2D eigenvalue weighted by Crippen LogP contribution is -2.41. The summed E-state index contributed by atoms with van der Waals surface area (Å²) in [5, 5.41) is -5.50. The van der Waals surface area contributed by atoms with Crippen molar-refractivity contribution in [2.45, 2.75) is 46.2 Å². The summed E-state index contributed by atoms with van der Waals surface area (Å²) in [6.07, 6.45) is -8.62. The van der Waals surface area contributed by atoms with Crippen LogP contribution < -0.4 is 0 Å². The lowest BCUT2D eigenvalue weighted by atomic mass is 10.0. The van der Waals surface area contributed by atoms with Crippen LogP contribution in [0.5, 0.6) is 0 Å². The van der Waals surface area contributed by atoms with Gasteiger partial charge in [-0.2, -0.15) is 26.0 Å². The quantitative estimate of drug-likeness (QED) is 0.179. The van der Waals surface area contributed by atoms with Crippen LogP contribution in [0, 0.1) is 0 Å². The lowest BCUT2D eigenvalue weighted by molar-refractivity contribution is -0.184. The molecule has 0 radical (unpaired) electrons. The maximum Gasteiger partial charge on any atom is 0.375 e. The molecule has 158 valence electrons. The Labute approximate surface area is 154 Å². The van der Waals surface area contributed by atoms with Gasteiger partial charge < -0.3 is 4.74 Å². The Morgan fingerprint density at radius 1 is 0.731 bits per heavy atom. The monoisotopic (exact) mass is 544 g/mol. The van der Waals surface area contributed by atoms with E-state index >= 15 is 0 Å². The van der Waals surface area contributed by atoms with Gasteiger partial charge in [-0.15, -0.1) is 0 Å². The number of alkyl halides is 11. The molecule has 0 unspecified atom stereocenters. The molecule has 0 atom stereocenters. The van der Waals surface area contributed by atoms with Gasteiger partial charge in [0.1, 0.15) is 13.2 Å². The van der Waals surface area contributed by atoms with Gasteiger partial charge in [0.05, 0.1) is 19.3 Å². The van der Waals surface area contributed by atoms with Crippen LogP contribution >= 0.6 is 22.6 Å². The third kappa shape index (κ3) is 10.3. The molecule has 0 aliphatic carbocycles. The van der Waals surface area contributed by atoms with E-state index in [9.17, 15) is 52.3 Å². The Morgan fingerprint density at radius 3 is 1.50 bits per heavy atom. The summed E-state index contributed by atoms with van der Waals surface area (Å²) in [6, 6.07) is 0. The molecule has 0 saturated heterocycles. The molecular weight excluding hydrogens is 533 g/mol. The normalized spacial score (nSPS) is 15.4. The van der Waals surface area contributed by atoms with Crippen molar-refractivity contribution in [2.24, 2.45) is 0 Å². The topological polar surface area (TPSA) is 63.6 Å². The molecule has 16 heteroatoms. The first kappa shape index (κ1) is 25.9. The SMILES string of the molecule is O=S(=O)(O)C(F)(F)CC(F)(F)CC(F)(F)CC(F)(F)COCC(F)(F)I. The van der Waals surface area contributed by atoms with Gasteiger partial charge in [0, 0.05) is 22.6 Å². The molecule has 0 heterocycles. The highest BCUT2D eigenvalue weighted by atomic mass is 127. The molecule has 0 aromatic carbocycles. The summed E-state index contributed by atoms with van der Waals surface area (Å²) >= 11 is 0.502. The number of hydrogen-bond acceptors (Lipinski definition) is 3. The molecule has 0 amide bonds. The summed E-state index contributed by atoms with van der Waals surface area (Å²) in [5.74, 6) is -14.7. The molecular formula is C10H11F10IO4S. The maximum atomic E-state index is 13.3. The van der Waals surface area contributed by atoms with Crippen molar-refractivity contribution in [3.63, 3.8) is 0 Å². The third-order valence-corrected chi connectivity index (χ3v) is 3.67. The number of halogens is 11. The first-order chi connectivity index (χ1) is 11.1. The van der Waals surface area contributed by atoms with Crippen molar-refractivity contribution in [2.75, 3.05) is 13.2 Å². The second kappa shape index (κ2) is 8.10. The van der Waals surface area contributed by atoms with Gasteiger partial charge in [-0.25, -0.2) is 26.3 Å². The van der Waals surface area contributed by atoms with Crippen molar-refractivity contribution in [3.05, 3.63) is 0 Å². The van der Waals surface area contributed by atoms with Crippen molar-refractivity contribution in [3.8, 4) is 0 Å².